The standard InChI is InChI=1S/C13H15N5O3/c1-8-7-9(2)15-12(14-8)16-10(19)3-5-18-6-4-11(20)17-13(18)21/h4,6-7H,3,5H2,1-2H3,(H,17,20,21)(H,14,15,16,19). The summed E-state index contributed by atoms with van der Waals surface area (Å²) < 4.78 is 1.25. The molecule has 2 aromatic heterocycles. The molecular weight excluding hydrogens is 274 g/mol. The highest BCUT2D eigenvalue weighted by Crippen LogP contribution is 2.04. The van der Waals surface area contributed by atoms with Crippen molar-refractivity contribution in [1.29, 1.82) is 0 Å². The Bertz CT molecular complexity index is 758. The quantitative estimate of drug-likeness (QED) is 0.821. The van der Waals surface area contributed by atoms with Crippen molar-refractivity contribution < 1.29 is 4.79 Å². The van der Waals surface area contributed by atoms with Crippen LogP contribution in [-0.4, -0.2) is 25.4 Å². The first-order valence-electron chi connectivity index (χ1n) is 6.36. The smallest absolute Gasteiger partial charge is 0.300 e. The minimum atomic E-state index is -0.544. The number of hydrogen-bond acceptors (Lipinski definition) is 5. The molecule has 0 atom stereocenters. The van der Waals surface area contributed by atoms with E-state index in [-0.39, 0.29) is 24.8 Å². The Kier molecular flexibility index (Phi) is 4.27. The maximum Gasteiger partial charge on any atom is 0.328 e. The van der Waals surface area contributed by atoms with Gasteiger partial charge in [-0.2, -0.15) is 0 Å². The van der Waals surface area contributed by atoms with Gasteiger partial charge in [0.1, 0.15) is 0 Å². The van der Waals surface area contributed by atoms with Gasteiger partial charge in [0.25, 0.3) is 5.56 Å². The van der Waals surface area contributed by atoms with Crippen molar-refractivity contribution in [3.63, 3.8) is 0 Å². The third-order valence-corrected chi connectivity index (χ3v) is 2.71. The number of carbonyl (C=O) groups excluding carboxylic acids is 1. The zero-order valence-electron chi connectivity index (χ0n) is 11.7. The summed E-state index contributed by atoms with van der Waals surface area (Å²) in [6.07, 6.45) is 1.42. The summed E-state index contributed by atoms with van der Waals surface area (Å²) in [6, 6.07) is 3.03. The molecule has 8 heteroatoms. The molecule has 0 aliphatic heterocycles. The van der Waals surface area contributed by atoms with E-state index < -0.39 is 11.2 Å². The van der Waals surface area contributed by atoms with Crippen molar-refractivity contribution in [3.8, 4) is 0 Å². The predicted molar refractivity (Wildman–Crippen MR) is 76.1 cm³/mol. The van der Waals surface area contributed by atoms with E-state index in [1.807, 2.05) is 13.8 Å². The summed E-state index contributed by atoms with van der Waals surface area (Å²) >= 11 is 0. The highest BCUT2D eigenvalue weighted by atomic mass is 16.2. The summed E-state index contributed by atoms with van der Waals surface area (Å²) in [5.41, 5.74) is 0.506. The van der Waals surface area contributed by atoms with Crippen LogP contribution in [0.4, 0.5) is 5.95 Å². The van der Waals surface area contributed by atoms with Crippen LogP contribution < -0.4 is 16.6 Å². The molecule has 2 rings (SSSR count). The van der Waals surface area contributed by atoms with Crippen molar-refractivity contribution in [2.45, 2.75) is 26.8 Å². The lowest BCUT2D eigenvalue weighted by Gasteiger charge is -2.06. The molecule has 0 aliphatic rings. The molecule has 0 fully saturated rings. The molecule has 2 aromatic rings. The van der Waals surface area contributed by atoms with Gasteiger partial charge in [0, 0.05) is 36.6 Å². The fourth-order valence-electron chi connectivity index (χ4n) is 1.81. The van der Waals surface area contributed by atoms with E-state index in [1.165, 1.54) is 16.8 Å². The van der Waals surface area contributed by atoms with Crippen molar-refractivity contribution >= 4 is 11.9 Å². The number of aromatic amines is 1. The Hall–Kier alpha value is -2.77. The van der Waals surface area contributed by atoms with Gasteiger partial charge < -0.3 is 4.57 Å². The zero-order chi connectivity index (χ0) is 15.4. The largest absolute Gasteiger partial charge is 0.328 e. The van der Waals surface area contributed by atoms with Crippen molar-refractivity contribution in [3.05, 3.63) is 50.6 Å². The van der Waals surface area contributed by atoms with Crippen LogP contribution in [-0.2, 0) is 11.3 Å². The molecule has 2 heterocycles. The molecule has 0 spiro atoms. The van der Waals surface area contributed by atoms with Gasteiger partial charge in [0.05, 0.1) is 0 Å². The predicted octanol–water partition coefficient (Wildman–Crippen LogP) is -0.0278. The second-order valence-electron chi connectivity index (χ2n) is 4.58. The minimum absolute atomic E-state index is 0.0717. The molecule has 2 N–H and O–H groups in total. The molecular formula is C13H15N5O3. The third kappa shape index (κ3) is 4.10. The number of aryl methyl sites for hydroxylation is 3. The van der Waals surface area contributed by atoms with E-state index in [1.54, 1.807) is 6.07 Å². The van der Waals surface area contributed by atoms with Crippen LogP contribution >= 0.6 is 0 Å². The molecule has 0 saturated carbocycles. The summed E-state index contributed by atoms with van der Waals surface area (Å²) in [5, 5.41) is 2.58. The number of rotatable bonds is 4. The van der Waals surface area contributed by atoms with Gasteiger partial charge in [-0.3, -0.25) is 19.9 Å². The highest BCUT2D eigenvalue weighted by molar-refractivity contribution is 5.88. The van der Waals surface area contributed by atoms with Gasteiger partial charge in [-0.05, 0) is 19.9 Å². The lowest BCUT2D eigenvalue weighted by molar-refractivity contribution is -0.116. The SMILES string of the molecule is Cc1cc(C)nc(NC(=O)CCn2ccc(=O)[nH]c2=O)n1. The first kappa shape index (κ1) is 14.6. The van der Waals surface area contributed by atoms with E-state index in [4.69, 9.17) is 0 Å². The van der Waals surface area contributed by atoms with Crippen LogP contribution in [0.25, 0.3) is 0 Å². The van der Waals surface area contributed by atoms with E-state index in [0.29, 0.717) is 0 Å². The first-order valence-corrected chi connectivity index (χ1v) is 6.36. The summed E-state index contributed by atoms with van der Waals surface area (Å²) in [7, 11) is 0. The molecule has 110 valence electrons. The summed E-state index contributed by atoms with van der Waals surface area (Å²) in [5.74, 6) is -0.0654. The van der Waals surface area contributed by atoms with Gasteiger partial charge in [-0.15, -0.1) is 0 Å². The molecule has 0 unspecified atom stereocenters. The maximum absolute atomic E-state index is 11.8. The van der Waals surface area contributed by atoms with Gasteiger partial charge in [-0.25, -0.2) is 14.8 Å². The molecule has 8 nitrogen and oxygen atoms in total. The van der Waals surface area contributed by atoms with Gasteiger partial charge in [0.2, 0.25) is 11.9 Å². The van der Waals surface area contributed by atoms with E-state index >= 15 is 0 Å². The van der Waals surface area contributed by atoms with Crippen LogP contribution in [0.15, 0.2) is 27.9 Å². The summed E-state index contributed by atoms with van der Waals surface area (Å²) in [6.45, 7) is 3.78. The molecule has 0 aromatic carbocycles. The first-order chi connectivity index (χ1) is 9.94. The lowest BCUT2D eigenvalue weighted by Crippen LogP contribution is -2.30. The monoisotopic (exact) mass is 289 g/mol. The lowest BCUT2D eigenvalue weighted by atomic mass is 10.3. The average Bonchev–Trinajstić information content (AvgIpc) is 2.36. The highest BCUT2D eigenvalue weighted by Gasteiger charge is 2.07. The number of aromatic nitrogens is 4. The Morgan fingerprint density at radius 2 is 1.95 bits per heavy atom. The van der Waals surface area contributed by atoms with Crippen molar-refractivity contribution in [2.75, 3.05) is 5.32 Å². The number of anilines is 1. The van der Waals surface area contributed by atoms with Crippen LogP contribution in [0, 0.1) is 13.8 Å². The normalized spacial score (nSPS) is 10.4. The number of hydrogen-bond donors (Lipinski definition) is 2. The number of nitrogens with zero attached hydrogens (tertiary/aromatic N) is 3. The molecule has 0 radical (unpaired) electrons. The fourth-order valence-corrected chi connectivity index (χ4v) is 1.81. The topological polar surface area (TPSA) is 110 Å². The molecule has 0 bridgehead atoms. The minimum Gasteiger partial charge on any atom is -0.300 e. The average molecular weight is 289 g/mol. The number of H-pyrrole nitrogens is 1. The molecule has 21 heavy (non-hydrogen) atoms. The Morgan fingerprint density at radius 3 is 2.57 bits per heavy atom. The maximum atomic E-state index is 11.8. The van der Waals surface area contributed by atoms with Crippen LogP contribution in [0.3, 0.4) is 0 Å². The Balaban J connectivity index is 1.99. The van der Waals surface area contributed by atoms with Gasteiger partial charge >= 0.3 is 5.69 Å². The Labute approximate surface area is 119 Å². The van der Waals surface area contributed by atoms with Gasteiger partial charge in [0.15, 0.2) is 0 Å². The van der Waals surface area contributed by atoms with E-state index in [2.05, 4.69) is 20.3 Å². The Morgan fingerprint density at radius 1 is 1.29 bits per heavy atom. The molecule has 1 amide bonds. The van der Waals surface area contributed by atoms with Crippen molar-refractivity contribution in [2.24, 2.45) is 0 Å². The van der Waals surface area contributed by atoms with Crippen LogP contribution in [0.2, 0.25) is 0 Å². The third-order valence-electron chi connectivity index (χ3n) is 2.71. The summed E-state index contributed by atoms with van der Waals surface area (Å²) in [4.78, 5) is 44.5. The zero-order valence-corrected chi connectivity index (χ0v) is 11.7. The van der Waals surface area contributed by atoms with Crippen LogP contribution in [0.1, 0.15) is 17.8 Å². The van der Waals surface area contributed by atoms with E-state index in [0.717, 1.165) is 11.4 Å². The fraction of sp³-hybridized carbons (Fsp3) is 0.308. The van der Waals surface area contributed by atoms with Crippen LogP contribution in [0.5, 0.6) is 0 Å². The van der Waals surface area contributed by atoms with E-state index in [9.17, 15) is 14.4 Å². The number of carbonyl (C=O) groups is 1. The van der Waals surface area contributed by atoms with Crippen molar-refractivity contribution in [1.82, 2.24) is 19.5 Å². The van der Waals surface area contributed by atoms with Gasteiger partial charge in [-0.1, -0.05) is 0 Å². The molecule has 0 saturated heterocycles. The number of amides is 1. The molecule has 0 aliphatic carbocycles. The second-order valence-corrected chi connectivity index (χ2v) is 4.58. The number of nitrogens with one attached hydrogen (secondary N) is 2. The second kappa shape index (κ2) is 6.12.